The van der Waals surface area contributed by atoms with Crippen LogP contribution >= 0.6 is 23.2 Å². The van der Waals surface area contributed by atoms with Gasteiger partial charge in [0.05, 0.1) is 10.0 Å². The van der Waals surface area contributed by atoms with Crippen molar-refractivity contribution in [2.24, 2.45) is 0 Å². The summed E-state index contributed by atoms with van der Waals surface area (Å²) >= 11 is 12.1. The van der Waals surface area contributed by atoms with Crippen molar-refractivity contribution in [3.05, 3.63) is 63.7 Å². The van der Waals surface area contributed by atoms with Crippen molar-refractivity contribution in [3.63, 3.8) is 0 Å². The average Bonchev–Trinajstić information content (AvgIpc) is 3.31. The van der Waals surface area contributed by atoms with E-state index in [9.17, 15) is 18.0 Å². The summed E-state index contributed by atoms with van der Waals surface area (Å²) in [6, 6.07) is 7.64. The number of aromatic nitrogens is 4. The van der Waals surface area contributed by atoms with Crippen molar-refractivity contribution in [2.45, 2.75) is 44.6 Å². The summed E-state index contributed by atoms with van der Waals surface area (Å²) in [4.78, 5) is 12.3. The predicted octanol–water partition coefficient (Wildman–Crippen LogP) is 5.14. The molecule has 1 aromatic carbocycles. The van der Waals surface area contributed by atoms with Crippen molar-refractivity contribution in [3.8, 4) is 5.75 Å². The fraction of sp³-hybridized carbons (Fsp3) is 0.381. The molecule has 1 aliphatic carbocycles. The number of carbonyl (C=O) groups excluding carboxylic acids is 1. The van der Waals surface area contributed by atoms with Crippen molar-refractivity contribution < 1.29 is 22.7 Å². The van der Waals surface area contributed by atoms with Gasteiger partial charge in [-0.1, -0.05) is 29.3 Å². The molecule has 176 valence electrons. The van der Waals surface area contributed by atoms with Gasteiger partial charge in [-0.3, -0.25) is 9.48 Å². The first-order valence-electron chi connectivity index (χ1n) is 10.3. The zero-order chi connectivity index (χ0) is 23.6. The Morgan fingerprint density at radius 2 is 1.91 bits per heavy atom. The van der Waals surface area contributed by atoms with E-state index in [1.54, 1.807) is 24.4 Å². The molecule has 1 N–H and O–H groups in total. The highest BCUT2D eigenvalue weighted by Gasteiger charge is 2.37. The zero-order valence-corrected chi connectivity index (χ0v) is 18.8. The topological polar surface area (TPSA) is 74.0 Å². The number of aryl methyl sites for hydroxylation is 1. The molecule has 0 saturated heterocycles. The number of halogens is 5. The van der Waals surface area contributed by atoms with Gasteiger partial charge in [0.2, 0.25) is 0 Å². The maximum atomic E-state index is 13.0. The van der Waals surface area contributed by atoms with Crippen molar-refractivity contribution in [1.29, 1.82) is 0 Å². The van der Waals surface area contributed by atoms with Crippen molar-refractivity contribution in [2.75, 3.05) is 6.54 Å². The fourth-order valence-corrected chi connectivity index (χ4v) is 3.79. The molecule has 12 heteroatoms. The largest absolute Gasteiger partial charge is 0.468 e. The monoisotopic (exact) mass is 501 g/mol. The van der Waals surface area contributed by atoms with E-state index in [1.165, 1.54) is 15.4 Å². The number of para-hydroxylation sites is 1. The highest BCUT2D eigenvalue weighted by molar-refractivity contribution is 6.37. The third-order valence-corrected chi connectivity index (χ3v) is 5.66. The number of ether oxygens (including phenoxy) is 1. The molecule has 4 rings (SSSR count). The van der Waals surface area contributed by atoms with Gasteiger partial charge in [-0.15, -0.1) is 0 Å². The molecule has 0 aliphatic heterocycles. The lowest BCUT2D eigenvalue weighted by molar-refractivity contribution is -0.141. The molecule has 2 aromatic heterocycles. The Balaban J connectivity index is 1.26. The van der Waals surface area contributed by atoms with Gasteiger partial charge in [0, 0.05) is 30.9 Å². The lowest BCUT2D eigenvalue weighted by Crippen LogP contribution is -2.26. The second-order valence-electron chi connectivity index (χ2n) is 7.62. The summed E-state index contributed by atoms with van der Waals surface area (Å²) in [5.41, 5.74) is -0.0914. The van der Waals surface area contributed by atoms with Crippen LogP contribution in [0, 0.1) is 0 Å². The lowest BCUT2D eigenvalue weighted by Gasteiger charge is -2.09. The van der Waals surface area contributed by atoms with Gasteiger partial charge in [-0.25, -0.2) is 4.68 Å². The smallest absolute Gasteiger partial charge is 0.435 e. The van der Waals surface area contributed by atoms with Crippen molar-refractivity contribution in [1.82, 2.24) is 24.9 Å². The van der Waals surface area contributed by atoms with Crippen molar-refractivity contribution >= 4 is 29.1 Å². The van der Waals surface area contributed by atoms with Gasteiger partial charge in [0.15, 0.2) is 18.2 Å². The quantitative estimate of drug-likeness (QED) is 0.412. The molecule has 3 aromatic rings. The standard InChI is InChI=1S/C21H20Cl2F3N5O2/c22-14-3-1-4-15(23)19(14)33-12-30-10-7-16(28-30)20(32)27-8-2-9-31-17(13-5-6-13)11-18(29-31)21(24,25)26/h1,3-4,7,10-11,13H,2,5-6,8-9,12H2,(H,27,32). The number of carbonyl (C=O) groups is 1. The number of rotatable bonds is 9. The molecule has 0 unspecified atom stereocenters. The van der Waals surface area contributed by atoms with E-state index in [2.05, 4.69) is 15.5 Å². The van der Waals surface area contributed by atoms with Gasteiger partial charge >= 0.3 is 6.18 Å². The Kier molecular flexibility index (Phi) is 6.85. The maximum Gasteiger partial charge on any atom is 0.435 e. The minimum Gasteiger partial charge on any atom is -0.468 e. The summed E-state index contributed by atoms with van der Waals surface area (Å²) in [6.07, 6.45) is -0.727. The summed E-state index contributed by atoms with van der Waals surface area (Å²) in [5.74, 6) is 0.0543. The van der Waals surface area contributed by atoms with E-state index in [1.807, 2.05) is 0 Å². The fourth-order valence-electron chi connectivity index (χ4n) is 3.28. The molecule has 1 aliphatic rings. The normalized spacial score (nSPS) is 13.8. The molecule has 2 heterocycles. The second kappa shape index (κ2) is 9.64. The van der Waals surface area contributed by atoms with Crippen LogP contribution in [0.5, 0.6) is 5.75 Å². The Labute approximate surface area is 197 Å². The molecule has 7 nitrogen and oxygen atoms in total. The number of hydrogen-bond acceptors (Lipinski definition) is 4. The van der Waals surface area contributed by atoms with E-state index in [4.69, 9.17) is 27.9 Å². The van der Waals surface area contributed by atoms with Gasteiger partial charge in [0.25, 0.3) is 5.91 Å². The second-order valence-corrected chi connectivity index (χ2v) is 8.44. The number of benzene rings is 1. The molecule has 1 amide bonds. The molecule has 0 radical (unpaired) electrons. The number of nitrogens with one attached hydrogen (secondary N) is 1. The number of nitrogens with zero attached hydrogens (tertiary/aromatic N) is 4. The zero-order valence-electron chi connectivity index (χ0n) is 17.3. The SMILES string of the molecule is O=C(NCCCn1nc(C(F)(F)F)cc1C1CC1)c1ccn(COc2c(Cl)cccc2Cl)n1. The Morgan fingerprint density at radius 1 is 1.18 bits per heavy atom. The first kappa shape index (κ1) is 23.4. The number of amides is 1. The van der Waals surface area contributed by atoms with Crippen LogP contribution in [-0.2, 0) is 19.5 Å². The number of hydrogen-bond donors (Lipinski definition) is 1. The molecular formula is C21H20Cl2F3N5O2. The van der Waals surface area contributed by atoms with Crippen LogP contribution in [0.2, 0.25) is 10.0 Å². The molecule has 0 bridgehead atoms. The van der Waals surface area contributed by atoms with Gasteiger partial charge in [-0.2, -0.15) is 23.4 Å². The Bertz CT molecular complexity index is 1120. The Hall–Kier alpha value is -2.72. The van der Waals surface area contributed by atoms with Gasteiger partial charge in [0.1, 0.15) is 5.69 Å². The maximum absolute atomic E-state index is 13.0. The summed E-state index contributed by atoms with van der Waals surface area (Å²) in [7, 11) is 0. The Morgan fingerprint density at radius 3 is 2.58 bits per heavy atom. The summed E-state index contributed by atoms with van der Waals surface area (Å²) in [6.45, 7) is 0.549. The van der Waals surface area contributed by atoms with Crippen LogP contribution in [0.1, 0.15) is 47.1 Å². The third kappa shape index (κ3) is 5.80. The van der Waals surface area contributed by atoms with Gasteiger partial charge in [-0.05, 0) is 43.5 Å². The van der Waals surface area contributed by atoms with E-state index in [0.717, 1.165) is 18.9 Å². The predicted molar refractivity (Wildman–Crippen MR) is 115 cm³/mol. The molecular weight excluding hydrogens is 482 g/mol. The van der Waals surface area contributed by atoms with E-state index in [-0.39, 0.29) is 31.4 Å². The van der Waals surface area contributed by atoms with Crippen LogP contribution in [0.15, 0.2) is 36.5 Å². The van der Waals surface area contributed by atoms with Crippen LogP contribution in [0.25, 0.3) is 0 Å². The summed E-state index contributed by atoms with van der Waals surface area (Å²) < 4.78 is 47.3. The third-order valence-electron chi connectivity index (χ3n) is 5.06. The lowest BCUT2D eigenvalue weighted by atomic mass is 10.2. The van der Waals surface area contributed by atoms with E-state index >= 15 is 0 Å². The number of alkyl halides is 3. The first-order valence-corrected chi connectivity index (χ1v) is 11.0. The molecule has 33 heavy (non-hydrogen) atoms. The van der Waals surface area contributed by atoms with Crippen LogP contribution in [0.3, 0.4) is 0 Å². The molecule has 0 atom stereocenters. The molecule has 1 fully saturated rings. The minimum atomic E-state index is -4.47. The first-order chi connectivity index (χ1) is 15.7. The van der Waals surface area contributed by atoms with E-state index < -0.39 is 17.8 Å². The van der Waals surface area contributed by atoms with Gasteiger partial charge < -0.3 is 10.1 Å². The van der Waals surface area contributed by atoms with Crippen LogP contribution in [-0.4, -0.2) is 32.0 Å². The molecule has 0 spiro atoms. The highest BCUT2D eigenvalue weighted by Crippen LogP contribution is 2.42. The molecule has 1 saturated carbocycles. The van der Waals surface area contributed by atoms with Crippen LogP contribution in [0.4, 0.5) is 13.2 Å². The highest BCUT2D eigenvalue weighted by atomic mass is 35.5. The average molecular weight is 502 g/mol. The minimum absolute atomic E-state index is 0.00150. The van der Waals surface area contributed by atoms with E-state index in [0.29, 0.717) is 27.9 Å². The summed E-state index contributed by atoms with van der Waals surface area (Å²) in [5, 5.41) is 11.3. The van der Waals surface area contributed by atoms with Crippen LogP contribution < -0.4 is 10.1 Å².